The van der Waals surface area contributed by atoms with E-state index < -0.39 is 0 Å². The van der Waals surface area contributed by atoms with Crippen molar-refractivity contribution in [2.75, 3.05) is 20.3 Å². The maximum atomic E-state index is 9.12. The summed E-state index contributed by atoms with van der Waals surface area (Å²) in [4.78, 5) is 4.56. The van der Waals surface area contributed by atoms with E-state index in [1.807, 2.05) is 31.6 Å². The van der Waals surface area contributed by atoms with Gasteiger partial charge in [0.1, 0.15) is 17.6 Å². The van der Waals surface area contributed by atoms with Crippen LogP contribution in [0.25, 0.3) is 0 Å². The van der Waals surface area contributed by atoms with E-state index in [-0.39, 0.29) is 6.04 Å². The molecule has 2 heterocycles. The van der Waals surface area contributed by atoms with Gasteiger partial charge in [0.05, 0.1) is 18.7 Å². The van der Waals surface area contributed by atoms with Crippen LogP contribution >= 0.6 is 0 Å². The molecule has 6 nitrogen and oxygen atoms in total. The molecule has 1 unspecified atom stereocenters. The number of rotatable bonds is 6. The second kappa shape index (κ2) is 8.15. The third-order valence-corrected chi connectivity index (χ3v) is 4.79. The lowest BCUT2D eigenvalue weighted by Crippen LogP contribution is -2.33. The van der Waals surface area contributed by atoms with Gasteiger partial charge in [0, 0.05) is 39.2 Å². The first-order valence-corrected chi connectivity index (χ1v) is 8.58. The standard InChI is InChI=1S/C19H24N4O2/c1-23-8-7-21-19(23)18(15-5-9-25-10-6-15)22-13-14-3-4-16(12-20)17(11-14)24-2/h3-4,7-8,11,15,18,22H,5-6,9-10,13H2,1-2H3. The normalized spacial score (nSPS) is 16.4. The molecule has 1 fully saturated rings. The summed E-state index contributed by atoms with van der Waals surface area (Å²) in [6.45, 7) is 2.30. The van der Waals surface area contributed by atoms with Crippen molar-refractivity contribution in [1.82, 2.24) is 14.9 Å². The Hall–Kier alpha value is -2.36. The number of nitriles is 1. The zero-order valence-corrected chi connectivity index (χ0v) is 14.7. The molecule has 1 saturated heterocycles. The van der Waals surface area contributed by atoms with Crippen LogP contribution in [0.4, 0.5) is 0 Å². The van der Waals surface area contributed by atoms with Crippen LogP contribution < -0.4 is 10.1 Å². The Morgan fingerprint density at radius 3 is 2.88 bits per heavy atom. The lowest BCUT2D eigenvalue weighted by Gasteiger charge is -2.30. The lowest BCUT2D eigenvalue weighted by atomic mass is 9.91. The second-order valence-corrected chi connectivity index (χ2v) is 6.35. The molecule has 1 aromatic carbocycles. The van der Waals surface area contributed by atoms with Crippen LogP contribution in [0.2, 0.25) is 0 Å². The molecular formula is C19H24N4O2. The average Bonchev–Trinajstić information content (AvgIpc) is 3.08. The molecule has 0 saturated carbocycles. The summed E-state index contributed by atoms with van der Waals surface area (Å²) < 4.78 is 12.9. The van der Waals surface area contributed by atoms with Crippen LogP contribution in [0.15, 0.2) is 30.6 Å². The number of nitrogens with zero attached hydrogens (tertiary/aromatic N) is 3. The first kappa shape index (κ1) is 17.5. The summed E-state index contributed by atoms with van der Waals surface area (Å²) in [6.07, 6.45) is 5.88. The highest BCUT2D eigenvalue weighted by Gasteiger charge is 2.27. The van der Waals surface area contributed by atoms with E-state index in [0.717, 1.165) is 37.4 Å². The van der Waals surface area contributed by atoms with Crippen LogP contribution in [0.3, 0.4) is 0 Å². The topological polar surface area (TPSA) is 72.1 Å². The third kappa shape index (κ3) is 4.01. The number of imidazole rings is 1. The Balaban J connectivity index is 1.77. The van der Waals surface area contributed by atoms with E-state index in [9.17, 15) is 0 Å². The van der Waals surface area contributed by atoms with Gasteiger partial charge in [0.25, 0.3) is 0 Å². The quantitative estimate of drug-likeness (QED) is 0.875. The summed E-state index contributed by atoms with van der Waals surface area (Å²) in [5.74, 6) is 2.16. The van der Waals surface area contributed by atoms with Gasteiger partial charge in [-0.15, -0.1) is 0 Å². The highest BCUT2D eigenvalue weighted by atomic mass is 16.5. The molecule has 2 aromatic rings. The van der Waals surface area contributed by atoms with Gasteiger partial charge in [0.2, 0.25) is 0 Å². The van der Waals surface area contributed by atoms with E-state index in [1.54, 1.807) is 13.2 Å². The van der Waals surface area contributed by atoms with Gasteiger partial charge < -0.3 is 19.4 Å². The smallest absolute Gasteiger partial charge is 0.136 e. The van der Waals surface area contributed by atoms with Crippen molar-refractivity contribution >= 4 is 0 Å². The Morgan fingerprint density at radius 1 is 1.44 bits per heavy atom. The molecule has 25 heavy (non-hydrogen) atoms. The minimum Gasteiger partial charge on any atom is -0.495 e. The third-order valence-electron chi connectivity index (χ3n) is 4.79. The highest BCUT2D eigenvalue weighted by molar-refractivity contribution is 5.45. The number of aromatic nitrogens is 2. The zero-order chi connectivity index (χ0) is 17.6. The van der Waals surface area contributed by atoms with Crippen molar-refractivity contribution in [2.24, 2.45) is 13.0 Å². The molecule has 0 bridgehead atoms. The largest absolute Gasteiger partial charge is 0.495 e. The van der Waals surface area contributed by atoms with Crippen molar-refractivity contribution in [3.8, 4) is 11.8 Å². The van der Waals surface area contributed by atoms with Crippen LogP contribution in [0.1, 0.15) is 35.8 Å². The Labute approximate surface area is 148 Å². The molecule has 1 N–H and O–H groups in total. The molecule has 1 aliphatic heterocycles. The number of aryl methyl sites for hydroxylation is 1. The molecule has 0 radical (unpaired) electrons. The van der Waals surface area contributed by atoms with Crippen LogP contribution in [0.5, 0.6) is 5.75 Å². The van der Waals surface area contributed by atoms with Crippen molar-refractivity contribution in [2.45, 2.75) is 25.4 Å². The molecule has 0 aliphatic carbocycles. The van der Waals surface area contributed by atoms with E-state index >= 15 is 0 Å². The van der Waals surface area contributed by atoms with E-state index in [2.05, 4.69) is 20.9 Å². The van der Waals surface area contributed by atoms with E-state index in [0.29, 0.717) is 23.8 Å². The Morgan fingerprint density at radius 2 is 2.24 bits per heavy atom. The number of nitrogens with one attached hydrogen (secondary N) is 1. The maximum Gasteiger partial charge on any atom is 0.136 e. The van der Waals surface area contributed by atoms with Gasteiger partial charge in [-0.25, -0.2) is 4.98 Å². The minimum atomic E-state index is 0.172. The Kier molecular flexibility index (Phi) is 5.69. The first-order valence-electron chi connectivity index (χ1n) is 8.58. The van der Waals surface area contributed by atoms with E-state index in [1.165, 1.54) is 0 Å². The van der Waals surface area contributed by atoms with Gasteiger partial charge in [0.15, 0.2) is 0 Å². The predicted molar refractivity (Wildman–Crippen MR) is 94.0 cm³/mol. The highest BCUT2D eigenvalue weighted by Crippen LogP contribution is 2.29. The number of hydrogen-bond donors (Lipinski definition) is 1. The molecule has 1 aliphatic rings. The van der Waals surface area contributed by atoms with Crippen molar-refractivity contribution in [3.63, 3.8) is 0 Å². The number of methoxy groups -OCH3 is 1. The van der Waals surface area contributed by atoms with Crippen LogP contribution in [-0.2, 0) is 18.3 Å². The molecule has 3 rings (SSSR count). The van der Waals surface area contributed by atoms with Gasteiger partial charge >= 0.3 is 0 Å². The van der Waals surface area contributed by atoms with Crippen molar-refractivity contribution < 1.29 is 9.47 Å². The lowest BCUT2D eigenvalue weighted by molar-refractivity contribution is 0.0518. The molecule has 1 atom stereocenters. The molecule has 1 aromatic heterocycles. The van der Waals surface area contributed by atoms with E-state index in [4.69, 9.17) is 14.7 Å². The average molecular weight is 340 g/mol. The SMILES string of the molecule is COc1cc(CNC(c2nccn2C)C2CCOCC2)ccc1C#N. The molecule has 132 valence electrons. The fourth-order valence-electron chi connectivity index (χ4n) is 3.36. The Bertz CT molecular complexity index is 744. The number of hydrogen-bond acceptors (Lipinski definition) is 5. The summed E-state index contributed by atoms with van der Waals surface area (Å²) in [6, 6.07) is 8.01. The fourth-order valence-corrected chi connectivity index (χ4v) is 3.36. The predicted octanol–water partition coefficient (Wildman–Crippen LogP) is 2.56. The zero-order valence-electron chi connectivity index (χ0n) is 14.7. The summed E-state index contributed by atoms with van der Waals surface area (Å²) in [7, 11) is 3.62. The summed E-state index contributed by atoms with van der Waals surface area (Å²) in [5, 5.41) is 12.8. The van der Waals surface area contributed by atoms with Gasteiger partial charge in [-0.3, -0.25) is 0 Å². The number of ether oxygens (including phenoxy) is 2. The fraction of sp³-hybridized carbons (Fsp3) is 0.474. The summed E-state index contributed by atoms with van der Waals surface area (Å²) >= 11 is 0. The van der Waals surface area contributed by atoms with Crippen LogP contribution in [-0.4, -0.2) is 29.9 Å². The minimum absolute atomic E-state index is 0.172. The molecular weight excluding hydrogens is 316 g/mol. The van der Waals surface area contributed by atoms with Crippen LogP contribution in [0, 0.1) is 17.2 Å². The molecule has 6 heteroatoms. The summed E-state index contributed by atoms with van der Waals surface area (Å²) in [5.41, 5.74) is 1.64. The van der Waals surface area contributed by atoms with Gasteiger partial charge in [-0.1, -0.05) is 6.07 Å². The van der Waals surface area contributed by atoms with Gasteiger partial charge in [-0.2, -0.15) is 5.26 Å². The van der Waals surface area contributed by atoms with Gasteiger partial charge in [-0.05, 0) is 36.5 Å². The second-order valence-electron chi connectivity index (χ2n) is 6.35. The van der Waals surface area contributed by atoms with Crippen molar-refractivity contribution in [1.29, 1.82) is 5.26 Å². The monoisotopic (exact) mass is 340 g/mol. The first-order chi connectivity index (χ1) is 12.2. The maximum absolute atomic E-state index is 9.12. The number of benzene rings is 1. The molecule has 0 amide bonds. The molecule has 0 spiro atoms. The van der Waals surface area contributed by atoms with Crippen molar-refractivity contribution in [3.05, 3.63) is 47.5 Å².